The third-order valence-electron chi connectivity index (χ3n) is 2.64. The van der Waals surface area contributed by atoms with Crippen LogP contribution in [0.5, 0.6) is 0 Å². The van der Waals surface area contributed by atoms with Gasteiger partial charge in [0.05, 0.1) is 0 Å². The lowest BCUT2D eigenvalue weighted by Crippen LogP contribution is -2.29. The lowest BCUT2D eigenvalue weighted by molar-refractivity contribution is 0.534. The highest BCUT2D eigenvalue weighted by Gasteiger charge is 2.27. The van der Waals surface area contributed by atoms with Gasteiger partial charge in [-0.3, -0.25) is 0 Å². The fourth-order valence-electron chi connectivity index (χ4n) is 1.39. The minimum Gasteiger partial charge on any atom is -0.0918 e. The molecule has 0 N–H and O–H groups in total. The molecule has 0 bridgehead atoms. The molecule has 0 amide bonds. The van der Waals surface area contributed by atoms with Crippen molar-refractivity contribution < 1.29 is 0 Å². The normalized spacial score (nSPS) is 11.7. The van der Waals surface area contributed by atoms with Gasteiger partial charge in [0.1, 0.15) is 0 Å². The van der Waals surface area contributed by atoms with Crippen LogP contribution in [0.1, 0.15) is 18.9 Å². The van der Waals surface area contributed by atoms with E-state index < -0.39 is 0 Å². The number of halogens is 3. The molecule has 0 aliphatic heterocycles. The van der Waals surface area contributed by atoms with E-state index in [0.717, 1.165) is 21.6 Å². The van der Waals surface area contributed by atoms with Gasteiger partial charge in [-0.2, -0.15) is 0 Å². The van der Waals surface area contributed by atoms with Crippen LogP contribution in [0.2, 0.25) is 0 Å². The van der Waals surface area contributed by atoms with E-state index in [4.69, 9.17) is 0 Å². The third-order valence-corrected chi connectivity index (χ3v) is 5.32. The molecule has 0 nitrogen and oxygen atoms in total. The minimum absolute atomic E-state index is 0.223. The molecular formula is C11H13Br3. The molecule has 1 aromatic rings. The largest absolute Gasteiger partial charge is 0.0918 e. The first-order chi connectivity index (χ1) is 6.68. The van der Waals surface area contributed by atoms with Crippen LogP contribution in [0.4, 0.5) is 0 Å². The summed E-state index contributed by atoms with van der Waals surface area (Å²) in [6, 6.07) is 8.59. The van der Waals surface area contributed by atoms with Crippen molar-refractivity contribution in [2.24, 2.45) is 0 Å². The van der Waals surface area contributed by atoms with E-state index in [-0.39, 0.29) is 5.41 Å². The highest BCUT2D eigenvalue weighted by Crippen LogP contribution is 2.32. The van der Waals surface area contributed by atoms with Gasteiger partial charge in [-0.25, -0.2) is 0 Å². The Balaban J connectivity index is 3.05. The first-order valence-electron chi connectivity index (χ1n) is 4.56. The Morgan fingerprint density at radius 3 is 1.93 bits per heavy atom. The van der Waals surface area contributed by atoms with Gasteiger partial charge in [-0.1, -0.05) is 66.8 Å². The molecule has 0 aliphatic rings. The van der Waals surface area contributed by atoms with E-state index in [0.29, 0.717) is 0 Å². The molecule has 0 aromatic heterocycles. The molecule has 0 unspecified atom stereocenters. The molecule has 0 saturated carbocycles. The van der Waals surface area contributed by atoms with Crippen LogP contribution >= 0.6 is 47.8 Å². The van der Waals surface area contributed by atoms with Gasteiger partial charge in [0.15, 0.2) is 0 Å². The average molecular weight is 385 g/mol. The van der Waals surface area contributed by atoms with E-state index in [1.165, 1.54) is 5.56 Å². The maximum Gasteiger partial charge on any atom is 0.0175 e. The summed E-state index contributed by atoms with van der Waals surface area (Å²) in [5.74, 6) is 0. The Kier molecular flexibility index (Phi) is 5.15. The highest BCUT2D eigenvalue weighted by molar-refractivity contribution is 9.10. The van der Waals surface area contributed by atoms with E-state index in [9.17, 15) is 0 Å². The molecule has 0 fully saturated rings. The number of benzene rings is 1. The van der Waals surface area contributed by atoms with Crippen molar-refractivity contribution in [2.45, 2.75) is 18.8 Å². The molecule has 0 saturated heterocycles. The Labute approximate surface area is 111 Å². The average Bonchev–Trinajstić information content (AvgIpc) is 2.24. The van der Waals surface area contributed by atoms with Gasteiger partial charge in [-0.15, -0.1) is 0 Å². The van der Waals surface area contributed by atoms with Crippen LogP contribution in [0.25, 0.3) is 0 Å². The van der Waals surface area contributed by atoms with E-state index in [2.05, 4.69) is 79.0 Å². The lowest BCUT2D eigenvalue weighted by atomic mass is 9.82. The van der Waals surface area contributed by atoms with Gasteiger partial charge in [-0.05, 0) is 24.1 Å². The van der Waals surface area contributed by atoms with Crippen molar-refractivity contribution in [1.82, 2.24) is 0 Å². The summed E-state index contributed by atoms with van der Waals surface area (Å²) in [5.41, 5.74) is 1.61. The standard InChI is InChI=1S/C11H13Br3/c1-2-11(7-12,8-13)9-3-5-10(14)6-4-9/h3-6H,2,7-8H2,1H3. The van der Waals surface area contributed by atoms with Crippen LogP contribution < -0.4 is 0 Å². The molecule has 3 heteroatoms. The Morgan fingerprint density at radius 2 is 1.57 bits per heavy atom. The fourth-order valence-corrected chi connectivity index (χ4v) is 4.02. The van der Waals surface area contributed by atoms with Gasteiger partial charge in [0.2, 0.25) is 0 Å². The van der Waals surface area contributed by atoms with Crippen LogP contribution in [0, 0.1) is 0 Å². The van der Waals surface area contributed by atoms with E-state index in [1.807, 2.05) is 0 Å². The van der Waals surface area contributed by atoms with Crippen LogP contribution in [0.3, 0.4) is 0 Å². The minimum atomic E-state index is 0.223. The molecule has 0 aliphatic carbocycles. The molecule has 0 spiro atoms. The summed E-state index contributed by atoms with van der Waals surface area (Å²) >= 11 is 10.7. The zero-order valence-electron chi connectivity index (χ0n) is 8.06. The van der Waals surface area contributed by atoms with E-state index >= 15 is 0 Å². The van der Waals surface area contributed by atoms with Gasteiger partial charge in [0.25, 0.3) is 0 Å². The molecule has 1 aromatic carbocycles. The number of rotatable bonds is 4. The van der Waals surface area contributed by atoms with Gasteiger partial charge < -0.3 is 0 Å². The number of hydrogen-bond acceptors (Lipinski definition) is 0. The second kappa shape index (κ2) is 5.66. The summed E-state index contributed by atoms with van der Waals surface area (Å²) in [7, 11) is 0. The predicted molar refractivity (Wildman–Crippen MR) is 73.7 cm³/mol. The molecule has 14 heavy (non-hydrogen) atoms. The predicted octanol–water partition coefficient (Wildman–Crippen LogP) is 4.89. The van der Waals surface area contributed by atoms with Crippen molar-refractivity contribution in [3.63, 3.8) is 0 Å². The topological polar surface area (TPSA) is 0 Å². The third kappa shape index (κ3) is 2.61. The highest BCUT2D eigenvalue weighted by atomic mass is 79.9. The summed E-state index contributed by atoms with van der Waals surface area (Å²) in [6.45, 7) is 2.23. The lowest BCUT2D eigenvalue weighted by Gasteiger charge is -2.29. The Bertz CT molecular complexity index is 267. The van der Waals surface area contributed by atoms with Gasteiger partial charge >= 0.3 is 0 Å². The second-order valence-corrected chi connectivity index (χ2v) is 5.45. The zero-order chi connectivity index (χ0) is 10.6. The monoisotopic (exact) mass is 382 g/mol. The van der Waals surface area contributed by atoms with Crippen molar-refractivity contribution in [3.8, 4) is 0 Å². The summed E-state index contributed by atoms with van der Waals surface area (Å²) in [4.78, 5) is 0. The molecule has 0 atom stereocenters. The number of alkyl halides is 2. The molecule has 78 valence electrons. The smallest absolute Gasteiger partial charge is 0.0175 e. The van der Waals surface area contributed by atoms with Crippen molar-refractivity contribution in [2.75, 3.05) is 10.7 Å². The number of hydrogen-bond donors (Lipinski definition) is 0. The first kappa shape index (κ1) is 12.7. The summed E-state index contributed by atoms with van der Waals surface area (Å²) in [6.07, 6.45) is 1.13. The summed E-state index contributed by atoms with van der Waals surface area (Å²) in [5, 5.41) is 1.98. The Morgan fingerprint density at radius 1 is 1.07 bits per heavy atom. The maximum atomic E-state index is 3.61. The fraction of sp³-hybridized carbons (Fsp3) is 0.455. The molecule has 1 rings (SSSR count). The zero-order valence-corrected chi connectivity index (χ0v) is 12.8. The van der Waals surface area contributed by atoms with Crippen LogP contribution in [-0.2, 0) is 5.41 Å². The molecule has 0 heterocycles. The van der Waals surface area contributed by atoms with Crippen LogP contribution in [-0.4, -0.2) is 10.7 Å². The summed E-state index contributed by atoms with van der Waals surface area (Å²) < 4.78 is 1.13. The van der Waals surface area contributed by atoms with Gasteiger partial charge in [0, 0.05) is 20.5 Å². The van der Waals surface area contributed by atoms with Crippen molar-refractivity contribution in [1.29, 1.82) is 0 Å². The van der Waals surface area contributed by atoms with Crippen LogP contribution in [0.15, 0.2) is 28.7 Å². The first-order valence-corrected chi connectivity index (χ1v) is 7.60. The Hall–Kier alpha value is 0.660. The quantitative estimate of drug-likeness (QED) is 0.648. The molecular weight excluding hydrogens is 372 g/mol. The SMILES string of the molecule is CCC(CBr)(CBr)c1ccc(Br)cc1. The molecule has 0 radical (unpaired) electrons. The van der Waals surface area contributed by atoms with E-state index in [1.54, 1.807) is 0 Å². The van der Waals surface area contributed by atoms with Crippen molar-refractivity contribution in [3.05, 3.63) is 34.3 Å². The van der Waals surface area contributed by atoms with Crippen molar-refractivity contribution >= 4 is 47.8 Å². The second-order valence-electron chi connectivity index (χ2n) is 3.41. The maximum absolute atomic E-state index is 3.61.